The van der Waals surface area contributed by atoms with Gasteiger partial charge >= 0.3 is 0 Å². The number of anilines is 1. The molecule has 0 fully saturated rings. The maximum absolute atomic E-state index is 10.1. The molecule has 6 N–H and O–H groups in total. The van der Waals surface area contributed by atoms with Crippen LogP contribution in [0.15, 0.2) is 18.2 Å². The Hall–Kier alpha value is -1.10. The van der Waals surface area contributed by atoms with Crippen LogP contribution in [0.25, 0.3) is 0 Å². The van der Waals surface area contributed by atoms with Gasteiger partial charge in [0.1, 0.15) is 6.10 Å². The van der Waals surface area contributed by atoms with Crippen LogP contribution < -0.4 is 11.5 Å². The van der Waals surface area contributed by atoms with Crippen molar-refractivity contribution in [2.24, 2.45) is 5.73 Å². The number of aliphatic hydroxyl groups excluding tert-OH is 2. The molecule has 0 spiro atoms. The zero-order valence-electron chi connectivity index (χ0n) is 11.4. The van der Waals surface area contributed by atoms with E-state index in [-0.39, 0.29) is 5.41 Å². The molecule has 18 heavy (non-hydrogen) atoms. The monoisotopic (exact) mass is 252 g/mol. The van der Waals surface area contributed by atoms with Gasteiger partial charge in [0, 0.05) is 11.3 Å². The smallest absolute Gasteiger partial charge is 0.107 e. The largest absolute Gasteiger partial charge is 0.398 e. The Labute approximate surface area is 109 Å². The van der Waals surface area contributed by atoms with Crippen LogP contribution in [0.4, 0.5) is 5.69 Å². The lowest BCUT2D eigenvalue weighted by Gasteiger charge is -2.24. The van der Waals surface area contributed by atoms with Crippen LogP contribution in [-0.4, -0.2) is 22.9 Å². The molecule has 4 nitrogen and oxygen atoms in total. The van der Waals surface area contributed by atoms with Gasteiger partial charge in [-0.3, -0.25) is 0 Å². The van der Waals surface area contributed by atoms with E-state index in [1.807, 2.05) is 12.1 Å². The molecule has 0 bridgehead atoms. The van der Waals surface area contributed by atoms with Gasteiger partial charge in [0.2, 0.25) is 0 Å². The van der Waals surface area contributed by atoms with E-state index in [9.17, 15) is 10.2 Å². The summed E-state index contributed by atoms with van der Waals surface area (Å²) in [4.78, 5) is 0. The SMILES string of the molecule is CC(C)(C)c1ccc(N)c(C(O)C(O)CCN)c1. The minimum atomic E-state index is -0.990. The molecule has 0 aromatic heterocycles. The fourth-order valence-electron chi connectivity index (χ4n) is 1.83. The predicted molar refractivity (Wildman–Crippen MR) is 74.2 cm³/mol. The highest BCUT2D eigenvalue weighted by Crippen LogP contribution is 2.30. The van der Waals surface area contributed by atoms with Gasteiger partial charge in [0.25, 0.3) is 0 Å². The second kappa shape index (κ2) is 5.69. The molecule has 1 aromatic rings. The second-order valence-electron chi connectivity index (χ2n) is 5.68. The number of hydrogen-bond acceptors (Lipinski definition) is 4. The van der Waals surface area contributed by atoms with Crippen molar-refractivity contribution in [3.63, 3.8) is 0 Å². The van der Waals surface area contributed by atoms with E-state index in [4.69, 9.17) is 11.5 Å². The highest BCUT2D eigenvalue weighted by atomic mass is 16.3. The van der Waals surface area contributed by atoms with Gasteiger partial charge in [0.05, 0.1) is 6.10 Å². The Balaban J connectivity index is 3.08. The zero-order valence-corrected chi connectivity index (χ0v) is 11.4. The van der Waals surface area contributed by atoms with Crippen molar-refractivity contribution in [1.29, 1.82) is 0 Å². The summed E-state index contributed by atoms with van der Waals surface area (Å²) in [5.74, 6) is 0. The third-order valence-corrected chi connectivity index (χ3v) is 3.10. The third kappa shape index (κ3) is 3.45. The highest BCUT2D eigenvalue weighted by molar-refractivity contribution is 5.51. The summed E-state index contributed by atoms with van der Waals surface area (Å²) in [6, 6.07) is 5.58. The molecule has 0 radical (unpaired) electrons. The van der Waals surface area contributed by atoms with Crippen molar-refractivity contribution >= 4 is 5.69 Å². The average molecular weight is 252 g/mol. The molecule has 0 heterocycles. The summed E-state index contributed by atoms with van der Waals surface area (Å²) >= 11 is 0. The van der Waals surface area contributed by atoms with Gasteiger partial charge in [-0.25, -0.2) is 0 Å². The standard InChI is InChI=1S/C14H24N2O2/c1-14(2,3)9-4-5-11(16)10(8-9)13(18)12(17)6-7-15/h4-5,8,12-13,17-18H,6-7,15-16H2,1-3H3. The Kier molecular flexibility index (Phi) is 4.73. The van der Waals surface area contributed by atoms with Crippen molar-refractivity contribution in [2.45, 2.75) is 44.8 Å². The van der Waals surface area contributed by atoms with Crippen LogP contribution in [0.5, 0.6) is 0 Å². The molecule has 0 aliphatic carbocycles. The number of hydrogen-bond donors (Lipinski definition) is 4. The van der Waals surface area contributed by atoms with Crippen molar-refractivity contribution in [3.05, 3.63) is 29.3 Å². The van der Waals surface area contributed by atoms with E-state index < -0.39 is 12.2 Å². The van der Waals surface area contributed by atoms with E-state index >= 15 is 0 Å². The quantitative estimate of drug-likeness (QED) is 0.608. The summed E-state index contributed by atoms with van der Waals surface area (Å²) < 4.78 is 0. The normalized spacial score (nSPS) is 15.4. The van der Waals surface area contributed by atoms with Gasteiger partial charge in [-0.1, -0.05) is 32.9 Å². The van der Waals surface area contributed by atoms with Crippen LogP contribution in [0.2, 0.25) is 0 Å². The molecule has 102 valence electrons. The number of nitrogens with two attached hydrogens (primary N) is 2. The van der Waals surface area contributed by atoms with Crippen LogP contribution >= 0.6 is 0 Å². The summed E-state index contributed by atoms with van der Waals surface area (Å²) in [6.07, 6.45) is -1.52. The fraction of sp³-hybridized carbons (Fsp3) is 0.571. The maximum Gasteiger partial charge on any atom is 0.107 e. The first-order valence-electron chi connectivity index (χ1n) is 6.23. The minimum Gasteiger partial charge on any atom is -0.398 e. The van der Waals surface area contributed by atoms with Gasteiger partial charge < -0.3 is 21.7 Å². The zero-order chi connectivity index (χ0) is 13.9. The Morgan fingerprint density at radius 2 is 1.83 bits per heavy atom. The Morgan fingerprint density at radius 1 is 1.22 bits per heavy atom. The van der Waals surface area contributed by atoms with E-state index in [1.165, 1.54) is 0 Å². The lowest BCUT2D eigenvalue weighted by Crippen LogP contribution is -2.23. The molecule has 1 aromatic carbocycles. The number of nitrogen functional groups attached to an aromatic ring is 1. The van der Waals surface area contributed by atoms with Crippen molar-refractivity contribution in [2.75, 3.05) is 12.3 Å². The Morgan fingerprint density at radius 3 is 2.33 bits per heavy atom. The summed E-state index contributed by atoms with van der Waals surface area (Å²) in [5, 5.41) is 19.9. The molecular weight excluding hydrogens is 228 g/mol. The van der Waals surface area contributed by atoms with E-state index in [0.29, 0.717) is 24.2 Å². The van der Waals surface area contributed by atoms with Gasteiger partial charge in [-0.15, -0.1) is 0 Å². The molecule has 2 unspecified atom stereocenters. The fourth-order valence-corrected chi connectivity index (χ4v) is 1.83. The molecule has 2 atom stereocenters. The van der Waals surface area contributed by atoms with Crippen LogP contribution in [0, 0.1) is 0 Å². The van der Waals surface area contributed by atoms with E-state index in [2.05, 4.69) is 20.8 Å². The molecular formula is C14H24N2O2. The minimum absolute atomic E-state index is 0.0268. The second-order valence-corrected chi connectivity index (χ2v) is 5.68. The topological polar surface area (TPSA) is 92.5 Å². The summed E-state index contributed by atoms with van der Waals surface area (Å²) in [5.41, 5.74) is 13.4. The van der Waals surface area contributed by atoms with Crippen LogP contribution in [0.1, 0.15) is 44.4 Å². The molecule has 0 saturated heterocycles. The number of benzene rings is 1. The average Bonchev–Trinajstić information content (AvgIpc) is 2.27. The number of rotatable bonds is 4. The van der Waals surface area contributed by atoms with Crippen molar-refractivity contribution in [3.8, 4) is 0 Å². The Bertz CT molecular complexity index is 399. The van der Waals surface area contributed by atoms with Gasteiger partial charge in [0.15, 0.2) is 0 Å². The first-order chi connectivity index (χ1) is 8.27. The van der Waals surface area contributed by atoms with Gasteiger partial charge in [-0.2, -0.15) is 0 Å². The van der Waals surface area contributed by atoms with Crippen LogP contribution in [-0.2, 0) is 5.41 Å². The lowest BCUT2D eigenvalue weighted by atomic mass is 9.84. The lowest BCUT2D eigenvalue weighted by molar-refractivity contribution is 0.0154. The molecule has 0 aliphatic rings. The molecule has 0 amide bonds. The molecule has 0 aliphatic heterocycles. The van der Waals surface area contributed by atoms with Crippen LogP contribution in [0.3, 0.4) is 0 Å². The van der Waals surface area contributed by atoms with E-state index in [1.54, 1.807) is 6.07 Å². The summed E-state index contributed by atoms with van der Waals surface area (Å²) in [6.45, 7) is 6.60. The molecule has 1 rings (SSSR count). The molecule has 4 heteroatoms. The first kappa shape index (κ1) is 15.0. The number of aliphatic hydroxyl groups is 2. The summed E-state index contributed by atoms with van der Waals surface area (Å²) in [7, 11) is 0. The first-order valence-corrected chi connectivity index (χ1v) is 6.23. The maximum atomic E-state index is 10.1. The highest BCUT2D eigenvalue weighted by Gasteiger charge is 2.22. The third-order valence-electron chi connectivity index (χ3n) is 3.10. The van der Waals surface area contributed by atoms with Gasteiger partial charge in [-0.05, 0) is 30.0 Å². The van der Waals surface area contributed by atoms with E-state index in [0.717, 1.165) is 5.56 Å². The molecule has 0 saturated carbocycles. The van der Waals surface area contributed by atoms with Crippen molar-refractivity contribution < 1.29 is 10.2 Å². The van der Waals surface area contributed by atoms with Crippen molar-refractivity contribution in [1.82, 2.24) is 0 Å². The predicted octanol–water partition coefficient (Wildman–Crippen LogP) is 1.31.